The van der Waals surface area contributed by atoms with Crippen LogP contribution >= 0.6 is 0 Å². The molecule has 1 saturated heterocycles. The Bertz CT molecular complexity index is 793. The first-order valence-corrected chi connectivity index (χ1v) is 9.68. The molecule has 6 heteroatoms. The smallest absolute Gasteiger partial charge is 0.142 e. The molecule has 0 radical (unpaired) electrons. The van der Waals surface area contributed by atoms with Gasteiger partial charge in [-0.3, -0.25) is 0 Å². The van der Waals surface area contributed by atoms with Gasteiger partial charge in [0.15, 0.2) is 0 Å². The molecule has 27 heavy (non-hydrogen) atoms. The second kappa shape index (κ2) is 9.13. The minimum absolute atomic E-state index is 0.214. The molecule has 0 saturated carbocycles. The Morgan fingerprint density at radius 1 is 1.33 bits per heavy atom. The molecule has 0 aliphatic carbocycles. The molecule has 3 rings (SSSR count). The zero-order valence-electron chi connectivity index (χ0n) is 16.1. The van der Waals surface area contributed by atoms with Crippen molar-refractivity contribution in [3.8, 4) is 0 Å². The first-order chi connectivity index (χ1) is 13.2. The molecule has 1 aliphatic rings. The molecule has 5 nitrogen and oxygen atoms in total. The van der Waals surface area contributed by atoms with Crippen LogP contribution in [-0.4, -0.2) is 48.7 Å². The lowest BCUT2D eigenvalue weighted by Gasteiger charge is -2.32. The number of pyridine rings is 1. The lowest BCUT2D eigenvalue weighted by molar-refractivity contribution is 0.103. The number of aromatic nitrogens is 2. The third-order valence-corrected chi connectivity index (χ3v) is 5.51. The van der Waals surface area contributed by atoms with Crippen molar-refractivity contribution in [3.63, 3.8) is 0 Å². The number of hydrogen-bond acceptors (Lipinski definition) is 4. The van der Waals surface area contributed by atoms with E-state index in [1.165, 1.54) is 6.21 Å². The van der Waals surface area contributed by atoms with Crippen molar-refractivity contribution in [2.75, 3.05) is 37.9 Å². The summed E-state index contributed by atoms with van der Waals surface area (Å²) in [5.74, 6) is 1.65. The highest BCUT2D eigenvalue weighted by Gasteiger charge is 2.21. The molecule has 0 amide bonds. The van der Waals surface area contributed by atoms with Gasteiger partial charge in [-0.05, 0) is 37.3 Å². The third kappa shape index (κ3) is 4.21. The first-order valence-electron chi connectivity index (χ1n) is 9.68. The second-order valence-corrected chi connectivity index (χ2v) is 7.09. The average molecular weight is 372 g/mol. The zero-order chi connectivity index (χ0) is 19.2. The maximum atomic E-state index is 12.1. The highest BCUT2D eigenvalue weighted by Crippen LogP contribution is 2.29. The number of ether oxygens (including phenoxy) is 1. The SMILES string of the molecule is C=Cc1c(CC=N)n(C)c2nc(N3CCC(CCOCCF)CC3)ccc12. The van der Waals surface area contributed by atoms with Crippen molar-refractivity contribution in [1.29, 1.82) is 5.41 Å². The van der Waals surface area contributed by atoms with E-state index in [2.05, 4.69) is 28.2 Å². The van der Waals surface area contributed by atoms with Crippen LogP contribution in [0.3, 0.4) is 0 Å². The van der Waals surface area contributed by atoms with E-state index in [9.17, 15) is 4.39 Å². The number of hydrogen-bond donors (Lipinski definition) is 1. The third-order valence-electron chi connectivity index (χ3n) is 5.51. The summed E-state index contributed by atoms with van der Waals surface area (Å²) in [6.07, 6.45) is 7.10. The summed E-state index contributed by atoms with van der Waals surface area (Å²) in [4.78, 5) is 7.26. The molecule has 0 spiro atoms. The van der Waals surface area contributed by atoms with Gasteiger partial charge in [0.05, 0.1) is 6.61 Å². The van der Waals surface area contributed by atoms with Gasteiger partial charge in [-0.25, -0.2) is 9.37 Å². The van der Waals surface area contributed by atoms with Crippen LogP contribution in [0.2, 0.25) is 0 Å². The molecule has 1 aliphatic heterocycles. The Labute approximate surface area is 160 Å². The standard InChI is InChI=1S/C21H29FN4O/c1-3-17-18-4-5-20(24-21(18)25(2)19(17)6-11-23)26-12-7-16(8-13-26)9-14-27-15-10-22/h3-5,11,16,23H,1,6-10,12-15H2,2H3. The highest BCUT2D eigenvalue weighted by atomic mass is 19.1. The lowest BCUT2D eigenvalue weighted by atomic mass is 9.94. The van der Waals surface area contributed by atoms with Crippen LogP contribution in [0.25, 0.3) is 17.1 Å². The van der Waals surface area contributed by atoms with E-state index in [0.717, 1.165) is 60.5 Å². The summed E-state index contributed by atoms with van der Waals surface area (Å²) in [5.41, 5.74) is 3.09. The Morgan fingerprint density at radius 3 is 2.78 bits per heavy atom. The van der Waals surface area contributed by atoms with Gasteiger partial charge in [-0.1, -0.05) is 12.7 Å². The number of nitrogens with zero attached hydrogens (tertiary/aromatic N) is 3. The van der Waals surface area contributed by atoms with E-state index in [-0.39, 0.29) is 6.61 Å². The van der Waals surface area contributed by atoms with Crippen molar-refractivity contribution >= 4 is 29.1 Å². The zero-order valence-corrected chi connectivity index (χ0v) is 16.1. The molecule has 2 aromatic rings. The van der Waals surface area contributed by atoms with Crippen molar-refractivity contribution in [3.05, 3.63) is 30.0 Å². The molecule has 0 unspecified atom stereocenters. The largest absolute Gasteiger partial charge is 0.379 e. The molecule has 0 bridgehead atoms. The minimum Gasteiger partial charge on any atom is -0.379 e. The molecule has 1 fully saturated rings. The van der Waals surface area contributed by atoms with Crippen LogP contribution in [0, 0.1) is 11.3 Å². The van der Waals surface area contributed by atoms with Crippen molar-refractivity contribution in [2.45, 2.75) is 25.7 Å². The quantitative estimate of drug-likeness (QED) is 0.535. The van der Waals surface area contributed by atoms with Gasteiger partial charge in [0.25, 0.3) is 0 Å². The van der Waals surface area contributed by atoms with Crippen molar-refractivity contribution in [1.82, 2.24) is 9.55 Å². The van der Waals surface area contributed by atoms with Gasteiger partial charge in [-0.2, -0.15) is 0 Å². The number of piperidine rings is 1. The Hall–Kier alpha value is -2.21. The summed E-state index contributed by atoms with van der Waals surface area (Å²) >= 11 is 0. The summed E-state index contributed by atoms with van der Waals surface area (Å²) in [5, 5.41) is 8.54. The van der Waals surface area contributed by atoms with E-state index < -0.39 is 6.67 Å². The highest BCUT2D eigenvalue weighted by molar-refractivity contribution is 5.90. The molecule has 1 N–H and O–H groups in total. The van der Waals surface area contributed by atoms with Crippen LogP contribution in [0.5, 0.6) is 0 Å². The van der Waals surface area contributed by atoms with E-state index in [4.69, 9.17) is 15.1 Å². The molecule has 2 aromatic heterocycles. The Balaban J connectivity index is 1.70. The monoisotopic (exact) mass is 372 g/mol. The summed E-state index contributed by atoms with van der Waals surface area (Å²) < 4.78 is 19.4. The number of rotatable bonds is 9. The Morgan fingerprint density at radius 2 is 2.11 bits per heavy atom. The molecule has 0 aromatic carbocycles. The van der Waals surface area contributed by atoms with Gasteiger partial charge in [0.1, 0.15) is 18.1 Å². The van der Waals surface area contributed by atoms with Crippen LogP contribution in [0.4, 0.5) is 10.2 Å². The fourth-order valence-electron chi connectivity index (χ4n) is 3.97. The van der Waals surface area contributed by atoms with Crippen molar-refractivity contribution in [2.24, 2.45) is 13.0 Å². The number of fused-ring (bicyclic) bond motifs is 1. The first kappa shape index (κ1) is 19.5. The van der Waals surface area contributed by atoms with Crippen LogP contribution in [0.15, 0.2) is 18.7 Å². The van der Waals surface area contributed by atoms with Crippen molar-refractivity contribution < 1.29 is 9.13 Å². The number of nitrogens with one attached hydrogen (secondary N) is 1. The average Bonchev–Trinajstić information content (AvgIpc) is 2.97. The van der Waals surface area contributed by atoms with Crippen LogP contribution in [0.1, 0.15) is 30.5 Å². The number of anilines is 1. The molecular weight excluding hydrogens is 343 g/mol. The minimum atomic E-state index is -0.402. The molecule has 146 valence electrons. The maximum Gasteiger partial charge on any atom is 0.142 e. The fraction of sp³-hybridized carbons (Fsp3) is 0.524. The summed E-state index contributed by atoms with van der Waals surface area (Å²) in [6.45, 7) is 6.37. The number of aryl methyl sites for hydroxylation is 1. The molecule has 0 atom stereocenters. The Kier molecular flexibility index (Phi) is 6.61. The topological polar surface area (TPSA) is 54.1 Å². The van der Waals surface area contributed by atoms with E-state index >= 15 is 0 Å². The van der Waals surface area contributed by atoms with Gasteiger partial charge in [0.2, 0.25) is 0 Å². The normalized spacial score (nSPS) is 15.4. The number of halogens is 1. The summed E-state index contributed by atoms with van der Waals surface area (Å²) in [6, 6.07) is 4.22. The number of alkyl halides is 1. The molecular formula is C21H29FN4O. The predicted octanol–water partition coefficient (Wildman–Crippen LogP) is 4.00. The van der Waals surface area contributed by atoms with E-state index in [1.54, 1.807) is 0 Å². The molecule has 3 heterocycles. The van der Waals surface area contributed by atoms with E-state index in [0.29, 0.717) is 18.9 Å². The van der Waals surface area contributed by atoms with Crippen LogP contribution in [-0.2, 0) is 18.2 Å². The van der Waals surface area contributed by atoms with Gasteiger partial charge in [-0.15, -0.1) is 0 Å². The van der Waals surface area contributed by atoms with Gasteiger partial charge >= 0.3 is 0 Å². The van der Waals surface area contributed by atoms with Crippen LogP contribution < -0.4 is 4.90 Å². The fourth-order valence-corrected chi connectivity index (χ4v) is 3.97. The van der Waals surface area contributed by atoms with Gasteiger partial charge < -0.3 is 19.6 Å². The summed E-state index contributed by atoms with van der Waals surface area (Å²) in [7, 11) is 2.01. The predicted molar refractivity (Wildman–Crippen MR) is 110 cm³/mol. The van der Waals surface area contributed by atoms with E-state index in [1.807, 2.05) is 13.1 Å². The maximum absolute atomic E-state index is 12.1. The second-order valence-electron chi connectivity index (χ2n) is 7.09. The van der Waals surface area contributed by atoms with Gasteiger partial charge in [0, 0.05) is 56.0 Å². The lowest BCUT2D eigenvalue weighted by Crippen LogP contribution is -2.34.